The number of methoxy groups -OCH3 is 1. The molecule has 3 aromatic carbocycles. The van der Waals surface area contributed by atoms with Crippen LogP contribution in [0.1, 0.15) is 28.7 Å². The van der Waals surface area contributed by atoms with E-state index in [1.807, 2.05) is 54.6 Å². The molecule has 1 unspecified atom stereocenters. The highest BCUT2D eigenvalue weighted by Gasteiger charge is 2.32. The Kier molecular flexibility index (Phi) is 8.36. The Morgan fingerprint density at radius 1 is 1.06 bits per heavy atom. The number of hydrogen-bond donors (Lipinski definition) is 2. The van der Waals surface area contributed by atoms with Crippen LogP contribution in [0, 0.1) is 0 Å². The van der Waals surface area contributed by atoms with E-state index in [-0.39, 0.29) is 17.5 Å². The number of para-hydroxylation sites is 1. The van der Waals surface area contributed by atoms with E-state index in [0.717, 1.165) is 40.6 Å². The van der Waals surface area contributed by atoms with Crippen LogP contribution < -0.4 is 14.8 Å². The molecule has 184 valence electrons. The zero-order valence-electron chi connectivity index (χ0n) is 19.6. The fraction of sp³-hybridized carbons (Fsp3) is 0.185. The summed E-state index contributed by atoms with van der Waals surface area (Å²) in [6.45, 7) is 0.300. The monoisotopic (exact) mass is 503 g/mol. The van der Waals surface area contributed by atoms with Crippen molar-refractivity contribution >= 4 is 35.0 Å². The van der Waals surface area contributed by atoms with Crippen molar-refractivity contribution in [2.45, 2.75) is 24.7 Å². The topological polar surface area (TPSA) is 110 Å². The average molecular weight is 504 g/mol. The summed E-state index contributed by atoms with van der Waals surface area (Å²) in [5.74, 6) is 0.0729. The van der Waals surface area contributed by atoms with E-state index in [9.17, 15) is 9.59 Å². The van der Waals surface area contributed by atoms with Crippen LogP contribution in [0.2, 0.25) is 0 Å². The van der Waals surface area contributed by atoms with E-state index >= 15 is 0 Å². The zero-order valence-corrected chi connectivity index (χ0v) is 20.4. The number of carboxylic acid groups (broad SMARTS) is 1. The van der Waals surface area contributed by atoms with Gasteiger partial charge in [0.25, 0.3) is 0 Å². The number of aliphatic carboxylic acids is 1. The second-order valence-electron chi connectivity index (χ2n) is 7.97. The molecule has 0 spiro atoms. The number of nitrogens with one attached hydrogen (secondary N) is 1. The van der Waals surface area contributed by atoms with E-state index in [4.69, 9.17) is 14.6 Å². The SMILES string of the molecule is COc1ccc(C=NN=C2NC(=O)C(CC(=O)O)S2)cc1COc1ccccc1Cc1ccccc1. The first-order valence-electron chi connectivity index (χ1n) is 11.2. The lowest BCUT2D eigenvalue weighted by molar-refractivity contribution is -0.138. The molecule has 0 aliphatic carbocycles. The summed E-state index contributed by atoms with van der Waals surface area (Å²) in [6.07, 6.45) is 2.05. The predicted octanol–water partition coefficient (Wildman–Crippen LogP) is 4.26. The average Bonchev–Trinajstić information content (AvgIpc) is 3.22. The van der Waals surface area contributed by atoms with Gasteiger partial charge in [-0.05, 0) is 41.0 Å². The molecule has 2 N–H and O–H groups in total. The summed E-state index contributed by atoms with van der Waals surface area (Å²) in [5.41, 5.74) is 3.91. The molecule has 1 aliphatic heterocycles. The largest absolute Gasteiger partial charge is 0.496 e. The van der Waals surface area contributed by atoms with Crippen molar-refractivity contribution in [3.05, 3.63) is 95.1 Å². The maximum atomic E-state index is 11.8. The number of ether oxygens (including phenoxy) is 2. The highest BCUT2D eigenvalue weighted by Crippen LogP contribution is 2.26. The lowest BCUT2D eigenvalue weighted by Crippen LogP contribution is -2.26. The second kappa shape index (κ2) is 12.0. The molecule has 1 amide bonds. The quantitative estimate of drug-likeness (QED) is 0.316. The van der Waals surface area contributed by atoms with E-state index in [1.54, 1.807) is 13.3 Å². The Morgan fingerprint density at radius 3 is 2.61 bits per heavy atom. The lowest BCUT2D eigenvalue weighted by atomic mass is 10.0. The van der Waals surface area contributed by atoms with E-state index in [0.29, 0.717) is 12.4 Å². The first kappa shape index (κ1) is 25.0. The molecule has 0 aromatic heterocycles. The molecule has 0 saturated carbocycles. The molecule has 3 aromatic rings. The van der Waals surface area contributed by atoms with E-state index < -0.39 is 11.2 Å². The fourth-order valence-corrected chi connectivity index (χ4v) is 4.56. The van der Waals surface area contributed by atoms with Gasteiger partial charge in [-0.15, -0.1) is 5.10 Å². The van der Waals surface area contributed by atoms with Crippen molar-refractivity contribution in [1.29, 1.82) is 0 Å². The van der Waals surface area contributed by atoms with Gasteiger partial charge < -0.3 is 19.9 Å². The third-order valence-corrected chi connectivity index (χ3v) is 6.46. The minimum atomic E-state index is -1.04. The van der Waals surface area contributed by atoms with Crippen molar-refractivity contribution < 1.29 is 24.2 Å². The third-order valence-electron chi connectivity index (χ3n) is 5.39. The Hall–Kier alpha value is -4.11. The lowest BCUT2D eigenvalue weighted by Gasteiger charge is -2.14. The Balaban J connectivity index is 1.44. The summed E-state index contributed by atoms with van der Waals surface area (Å²) in [6, 6.07) is 23.8. The van der Waals surface area contributed by atoms with Crippen LogP contribution in [-0.2, 0) is 22.6 Å². The molecule has 1 saturated heterocycles. The van der Waals surface area contributed by atoms with Gasteiger partial charge in [0.15, 0.2) is 5.17 Å². The number of thioether (sulfide) groups is 1. The summed E-state index contributed by atoms with van der Waals surface area (Å²) >= 11 is 1.05. The summed E-state index contributed by atoms with van der Waals surface area (Å²) in [7, 11) is 1.61. The molecule has 0 radical (unpaired) electrons. The van der Waals surface area contributed by atoms with Gasteiger partial charge in [0.05, 0.1) is 19.7 Å². The number of carboxylic acids is 1. The van der Waals surface area contributed by atoms with Crippen LogP contribution in [0.4, 0.5) is 0 Å². The molecular weight excluding hydrogens is 478 g/mol. The van der Waals surface area contributed by atoms with Gasteiger partial charge in [-0.1, -0.05) is 60.3 Å². The second-order valence-corrected chi connectivity index (χ2v) is 9.16. The number of carbonyl (C=O) groups excluding carboxylic acids is 1. The Morgan fingerprint density at radius 2 is 1.83 bits per heavy atom. The number of carbonyl (C=O) groups is 2. The number of amidine groups is 1. The van der Waals surface area contributed by atoms with Crippen molar-refractivity contribution in [3.8, 4) is 11.5 Å². The van der Waals surface area contributed by atoms with Crippen molar-refractivity contribution in [2.24, 2.45) is 10.2 Å². The highest BCUT2D eigenvalue weighted by atomic mass is 32.2. The maximum Gasteiger partial charge on any atom is 0.305 e. The van der Waals surface area contributed by atoms with Crippen LogP contribution in [-0.4, -0.2) is 40.7 Å². The van der Waals surface area contributed by atoms with E-state index in [1.165, 1.54) is 5.56 Å². The van der Waals surface area contributed by atoms with Crippen LogP contribution in [0.25, 0.3) is 0 Å². The van der Waals surface area contributed by atoms with Crippen molar-refractivity contribution in [2.75, 3.05) is 7.11 Å². The molecule has 4 rings (SSSR count). The summed E-state index contributed by atoms with van der Waals surface area (Å²) in [4.78, 5) is 22.7. The standard InChI is InChI=1S/C27H25N3O5S/c1-34-22-12-11-19(16-28-30-27-29-26(33)24(36-27)15-25(31)32)14-21(22)17-35-23-10-6-5-9-20(23)13-18-7-3-2-4-8-18/h2-12,14,16,24H,13,15,17H2,1H3,(H,31,32)(H,29,30,33). The molecule has 1 heterocycles. The van der Waals surface area contributed by atoms with Crippen LogP contribution in [0.5, 0.6) is 11.5 Å². The van der Waals surface area contributed by atoms with Crippen molar-refractivity contribution in [3.63, 3.8) is 0 Å². The minimum Gasteiger partial charge on any atom is -0.496 e. The summed E-state index contributed by atoms with van der Waals surface area (Å²) in [5, 5.41) is 19.1. The number of rotatable bonds is 10. The van der Waals surface area contributed by atoms with Gasteiger partial charge >= 0.3 is 5.97 Å². The zero-order chi connectivity index (χ0) is 25.3. The highest BCUT2D eigenvalue weighted by molar-refractivity contribution is 8.15. The normalized spacial score (nSPS) is 16.3. The molecule has 1 aliphatic rings. The van der Waals surface area contributed by atoms with Gasteiger partial charge in [-0.2, -0.15) is 5.10 Å². The first-order valence-corrected chi connectivity index (χ1v) is 12.1. The molecule has 36 heavy (non-hydrogen) atoms. The smallest absolute Gasteiger partial charge is 0.305 e. The third kappa shape index (κ3) is 6.73. The fourth-order valence-electron chi connectivity index (χ4n) is 3.65. The number of amides is 1. The van der Waals surface area contributed by atoms with E-state index in [2.05, 4.69) is 33.7 Å². The Labute approximate surface area is 213 Å². The van der Waals surface area contributed by atoms with Gasteiger partial charge in [0, 0.05) is 12.0 Å². The Bertz CT molecular complexity index is 1290. The predicted molar refractivity (Wildman–Crippen MR) is 140 cm³/mol. The molecule has 8 nitrogen and oxygen atoms in total. The number of nitrogens with zero attached hydrogens (tertiary/aromatic N) is 2. The van der Waals surface area contributed by atoms with Crippen molar-refractivity contribution in [1.82, 2.24) is 5.32 Å². The first-order chi connectivity index (χ1) is 17.5. The number of benzene rings is 3. The van der Waals surface area contributed by atoms with Gasteiger partial charge in [-0.3, -0.25) is 9.59 Å². The maximum absolute atomic E-state index is 11.8. The van der Waals surface area contributed by atoms with Gasteiger partial charge in [0.1, 0.15) is 23.4 Å². The van der Waals surface area contributed by atoms with Gasteiger partial charge in [-0.25, -0.2) is 0 Å². The van der Waals surface area contributed by atoms with Crippen LogP contribution in [0.15, 0.2) is 83.0 Å². The van der Waals surface area contributed by atoms with Gasteiger partial charge in [0.2, 0.25) is 5.91 Å². The number of hydrogen-bond acceptors (Lipinski definition) is 7. The molecule has 9 heteroatoms. The van der Waals surface area contributed by atoms with Crippen LogP contribution in [0.3, 0.4) is 0 Å². The molecular formula is C27H25N3O5S. The minimum absolute atomic E-state index is 0.268. The summed E-state index contributed by atoms with van der Waals surface area (Å²) < 4.78 is 11.7. The molecule has 1 atom stereocenters. The molecule has 1 fully saturated rings. The molecule has 0 bridgehead atoms. The van der Waals surface area contributed by atoms with Crippen LogP contribution >= 0.6 is 11.8 Å².